The lowest BCUT2D eigenvalue weighted by molar-refractivity contribution is -0.140. The zero-order valence-corrected chi connectivity index (χ0v) is 26.0. The second kappa shape index (κ2) is 14.4. The molecule has 0 fully saturated rings. The number of aryl methyl sites for hydroxylation is 2. The van der Waals surface area contributed by atoms with Crippen molar-refractivity contribution in [3.63, 3.8) is 0 Å². The van der Waals surface area contributed by atoms with Crippen molar-refractivity contribution in [2.75, 3.05) is 24.9 Å². The number of benzene rings is 3. The number of rotatable bonds is 13. The Kier molecular flexibility index (Phi) is 11.2. The molecule has 0 radical (unpaired) electrons. The van der Waals surface area contributed by atoms with Crippen LogP contribution in [0.2, 0.25) is 0 Å². The summed E-state index contributed by atoms with van der Waals surface area (Å²) in [6.07, 6.45) is 0.833. The minimum Gasteiger partial charge on any atom is -0.352 e. The lowest BCUT2D eigenvalue weighted by atomic mass is 10.0. The van der Waals surface area contributed by atoms with Crippen LogP contribution in [0, 0.1) is 19.7 Å². The number of carbonyl (C=O) groups excluding carboxylic acids is 2. The zero-order valence-electron chi connectivity index (χ0n) is 25.2. The Morgan fingerprint density at radius 2 is 1.60 bits per heavy atom. The van der Waals surface area contributed by atoms with Gasteiger partial charge in [0.1, 0.15) is 18.4 Å². The highest BCUT2D eigenvalue weighted by Gasteiger charge is 2.35. The Balaban J connectivity index is 2.14. The van der Waals surface area contributed by atoms with Crippen molar-refractivity contribution in [2.45, 2.75) is 59.2 Å². The van der Waals surface area contributed by atoms with E-state index in [0.29, 0.717) is 17.7 Å². The topological polar surface area (TPSA) is 90.0 Å². The molecule has 0 aromatic heterocycles. The first-order chi connectivity index (χ1) is 19.8. The Morgan fingerprint density at radius 3 is 2.21 bits per heavy atom. The normalized spacial score (nSPS) is 13.0. The molecule has 0 heterocycles. The average Bonchev–Trinajstić information content (AvgIpc) is 2.96. The first kappa shape index (κ1) is 32.8. The van der Waals surface area contributed by atoms with E-state index in [1.54, 1.807) is 37.3 Å². The molecule has 1 N–H and O–H groups in total. The number of amides is 2. The fourth-order valence-electron chi connectivity index (χ4n) is 4.50. The number of carbonyl (C=O) groups is 2. The summed E-state index contributed by atoms with van der Waals surface area (Å²) in [6, 6.07) is 19.5. The highest BCUT2D eigenvalue weighted by molar-refractivity contribution is 7.90. The molecule has 2 atom stereocenters. The predicted octanol–water partition coefficient (Wildman–Crippen LogP) is 4.61. The Bertz CT molecular complexity index is 1480. The maximum Gasteiger partial charge on any atom is 0.304 e. The Labute approximate surface area is 249 Å². The van der Waals surface area contributed by atoms with Crippen LogP contribution in [-0.4, -0.2) is 62.2 Å². The molecule has 10 heteroatoms. The second-order valence-electron chi connectivity index (χ2n) is 10.7. The number of hydrogen-bond acceptors (Lipinski definition) is 4. The van der Waals surface area contributed by atoms with Crippen LogP contribution in [0.1, 0.15) is 42.5 Å². The standard InChI is InChI=1S/C32H41FN4O4S/c1-7-25(4)34-32(39)30(20-26-13-9-8-10-14-26)36(21-27-15-11-12-16-28(27)33)31(38)22-37(42(40,41)35(5)6)29-19-23(2)17-18-24(29)3/h8-19,25,30H,7,20-22H2,1-6H3,(H,34,39)/t25-,30-/m1/s1. The third-order valence-corrected chi connectivity index (χ3v) is 9.03. The van der Waals surface area contributed by atoms with Gasteiger partial charge in [0.2, 0.25) is 11.8 Å². The van der Waals surface area contributed by atoms with Crippen LogP contribution in [0.5, 0.6) is 0 Å². The number of nitrogens with one attached hydrogen (secondary N) is 1. The largest absolute Gasteiger partial charge is 0.352 e. The molecule has 0 spiro atoms. The average molecular weight is 597 g/mol. The van der Waals surface area contributed by atoms with Crippen molar-refractivity contribution in [3.8, 4) is 0 Å². The summed E-state index contributed by atoms with van der Waals surface area (Å²) in [5.74, 6) is -1.56. The molecular formula is C32H41FN4O4S. The van der Waals surface area contributed by atoms with Gasteiger partial charge in [-0.15, -0.1) is 0 Å². The van der Waals surface area contributed by atoms with E-state index in [0.717, 1.165) is 19.7 Å². The summed E-state index contributed by atoms with van der Waals surface area (Å²) in [5.41, 5.74) is 2.86. The fourth-order valence-corrected chi connectivity index (χ4v) is 5.61. The Hall–Kier alpha value is -3.76. The molecule has 3 aromatic carbocycles. The van der Waals surface area contributed by atoms with Gasteiger partial charge >= 0.3 is 10.2 Å². The van der Waals surface area contributed by atoms with Gasteiger partial charge in [-0.1, -0.05) is 67.6 Å². The lowest BCUT2D eigenvalue weighted by Gasteiger charge is -2.35. The first-order valence-corrected chi connectivity index (χ1v) is 15.4. The molecule has 3 rings (SSSR count). The maximum absolute atomic E-state index is 14.9. The number of halogens is 1. The molecule has 3 aromatic rings. The van der Waals surface area contributed by atoms with Gasteiger partial charge in [-0.2, -0.15) is 12.7 Å². The van der Waals surface area contributed by atoms with E-state index in [-0.39, 0.29) is 24.6 Å². The molecule has 0 bridgehead atoms. The van der Waals surface area contributed by atoms with Gasteiger partial charge in [-0.05, 0) is 56.0 Å². The van der Waals surface area contributed by atoms with Gasteiger partial charge in [0, 0.05) is 38.7 Å². The SMILES string of the molecule is CC[C@@H](C)NC(=O)[C@@H](Cc1ccccc1)N(Cc1ccccc1F)C(=O)CN(c1cc(C)ccc1C)S(=O)(=O)N(C)C. The maximum atomic E-state index is 14.9. The molecular weight excluding hydrogens is 555 g/mol. The molecule has 0 aliphatic heterocycles. The van der Waals surface area contributed by atoms with Gasteiger partial charge in [0.25, 0.3) is 0 Å². The van der Waals surface area contributed by atoms with Gasteiger partial charge in [-0.25, -0.2) is 8.70 Å². The summed E-state index contributed by atoms with van der Waals surface area (Å²) < 4.78 is 44.2. The van der Waals surface area contributed by atoms with E-state index in [1.165, 1.54) is 25.1 Å². The van der Waals surface area contributed by atoms with Gasteiger partial charge in [0.05, 0.1) is 5.69 Å². The number of nitrogens with zero attached hydrogens (tertiary/aromatic N) is 3. The molecule has 226 valence electrons. The fraction of sp³-hybridized carbons (Fsp3) is 0.375. The van der Waals surface area contributed by atoms with Crippen molar-refractivity contribution in [3.05, 3.63) is 101 Å². The zero-order chi connectivity index (χ0) is 31.0. The van der Waals surface area contributed by atoms with E-state index < -0.39 is 40.4 Å². The molecule has 0 aliphatic carbocycles. The van der Waals surface area contributed by atoms with Gasteiger partial charge in [0.15, 0.2) is 0 Å². The summed E-state index contributed by atoms with van der Waals surface area (Å²) in [5, 5.41) is 2.97. The van der Waals surface area contributed by atoms with Crippen LogP contribution in [0.3, 0.4) is 0 Å². The van der Waals surface area contributed by atoms with E-state index in [4.69, 9.17) is 0 Å². The molecule has 0 aliphatic rings. The molecule has 0 unspecified atom stereocenters. The second-order valence-corrected chi connectivity index (χ2v) is 12.8. The van der Waals surface area contributed by atoms with Crippen molar-refractivity contribution in [1.82, 2.24) is 14.5 Å². The van der Waals surface area contributed by atoms with Crippen molar-refractivity contribution in [2.24, 2.45) is 0 Å². The van der Waals surface area contributed by atoms with Crippen molar-refractivity contribution >= 4 is 27.7 Å². The molecule has 2 amide bonds. The Morgan fingerprint density at radius 1 is 0.952 bits per heavy atom. The molecule has 0 saturated carbocycles. The van der Waals surface area contributed by atoms with Gasteiger partial charge in [-0.3, -0.25) is 9.59 Å². The monoisotopic (exact) mass is 596 g/mol. The van der Waals surface area contributed by atoms with Crippen LogP contribution < -0.4 is 9.62 Å². The van der Waals surface area contributed by atoms with E-state index in [2.05, 4.69) is 5.32 Å². The summed E-state index contributed by atoms with van der Waals surface area (Å²) >= 11 is 0. The molecule has 8 nitrogen and oxygen atoms in total. The number of hydrogen-bond donors (Lipinski definition) is 1. The minimum absolute atomic E-state index is 0.160. The summed E-state index contributed by atoms with van der Waals surface area (Å²) in [6.45, 7) is 6.61. The summed E-state index contributed by atoms with van der Waals surface area (Å²) in [7, 11) is -1.33. The third-order valence-electron chi connectivity index (χ3n) is 7.22. The van der Waals surface area contributed by atoms with Crippen LogP contribution in [0.25, 0.3) is 0 Å². The highest BCUT2D eigenvalue weighted by Crippen LogP contribution is 2.26. The quantitative estimate of drug-likeness (QED) is 0.312. The van der Waals surface area contributed by atoms with Crippen LogP contribution in [-0.2, 0) is 32.8 Å². The lowest BCUT2D eigenvalue weighted by Crippen LogP contribution is -2.55. The van der Waals surface area contributed by atoms with Crippen molar-refractivity contribution < 1.29 is 22.4 Å². The van der Waals surface area contributed by atoms with Gasteiger partial charge < -0.3 is 10.2 Å². The third kappa shape index (κ3) is 8.17. The summed E-state index contributed by atoms with van der Waals surface area (Å²) in [4.78, 5) is 29.4. The van der Waals surface area contributed by atoms with Crippen LogP contribution in [0.15, 0.2) is 72.8 Å². The molecule has 42 heavy (non-hydrogen) atoms. The van der Waals surface area contributed by atoms with Crippen molar-refractivity contribution in [1.29, 1.82) is 0 Å². The van der Waals surface area contributed by atoms with E-state index >= 15 is 0 Å². The van der Waals surface area contributed by atoms with E-state index in [1.807, 2.05) is 57.2 Å². The number of anilines is 1. The van der Waals surface area contributed by atoms with Crippen LogP contribution >= 0.6 is 0 Å². The minimum atomic E-state index is -4.12. The van der Waals surface area contributed by atoms with E-state index in [9.17, 15) is 22.4 Å². The highest BCUT2D eigenvalue weighted by atomic mass is 32.2. The smallest absolute Gasteiger partial charge is 0.304 e. The molecule has 0 saturated heterocycles. The predicted molar refractivity (Wildman–Crippen MR) is 165 cm³/mol. The van der Waals surface area contributed by atoms with Crippen LogP contribution in [0.4, 0.5) is 10.1 Å². The first-order valence-electron chi connectivity index (χ1n) is 14.0.